The van der Waals surface area contributed by atoms with Gasteiger partial charge in [0, 0.05) is 39.9 Å². The summed E-state index contributed by atoms with van der Waals surface area (Å²) in [5.41, 5.74) is -0.870. The third-order valence-electron chi connectivity index (χ3n) is 6.57. The van der Waals surface area contributed by atoms with Crippen molar-refractivity contribution in [2.45, 2.75) is 49.6 Å². The number of alkyl halides is 3. The summed E-state index contributed by atoms with van der Waals surface area (Å²) in [5.74, 6) is 0.660. The second kappa shape index (κ2) is 14.5. The molecule has 202 valence electrons. The molecule has 0 amide bonds. The minimum absolute atomic E-state index is 0.0793. The molecule has 0 saturated heterocycles. The standard InChI is InChI=1S/C24H39F3N2O5S/c1-28(35(32,33)23-10-8-22(9-11-23)24(25,26)27)18-20-4-6-21(7-5-20)19-34-17-3-2-12-29(13-15-30)14-16-31/h8-11,20-21,30-31H,2-7,12-19H2,1H3/t20-,21-. The molecule has 0 atom stereocenters. The Labute approximate surface area is 206 Å². The number of benzene rings is 1. The summed E-state index contributed by atoms with van der Waals surface area (Å²) in [4.78, 5) is 1.89. The quantitative estimate of drug-likeness (QED) is 0.343. The maximum absolute atomic E-state index is 12.8. The Balaban J connectivity index is 1.67. The Morgan fingerprint density at radius 3 is 2.06 bits per heavy atom. The highest BCUT2D eigenvalue weighted by molar-refractivity contribution is 7.89. The van der Waals surface area contributed by atoms with Crippen LogP contribution in [0.1, 0.15) is 44.1 Å². The SMILES string of the molecule is CN(C[C@H]1CC[C@H](COCCCCN(CCO)CCO)CC1)S(=O)(=O)c1ccc(C(F)(F)F)cc1. The maximum Gasteiger partial charge on any atom is 0.416 e. The molecule has 0 aliphatic heterocycles. The normalized spacial score (nSPS) is 19.5. The molecule has 0 spiro atoms. The Morgan fingerprint density at radius 2 is 1.51 bits per heavy atom. The van der Waals surface area contributed by atoms with E-state index in [0.29, 0.717) is 38.8 Å². The van der Waals surface area contributed by atoms with E-state index in [1.54, 1.807) is 0 Å². The molecule has 2 rings (SSSR count). The van der Waals surface area contributed by atoms with Crippen LogP contribution in [0.5, 0.6) is 0 Å². The monoisotopic (exact) mass is 524 g/mol. The highest BCUT2D eigenvalue weighted by atomic mass is 32.2. The summed E-state index contributed by atoms with van der Waals surface area (Å²) >= 11 is 0. The van der Waals surface area contributed by atoms with Crippen molar-refractivity contribution in [1.82, 2.24) is 9.21 Å². The summed E-state index contributed by atoms with van der Waals surface area (Å²) in [5, 5.41) is 18.1. The number of hydrogen-bond acceptors (Lipinski definition) is 6. The van der Waals surface area contributed by atoms with Gasteiger partial charge in [-0.15, -0.1) is 0 Å². The van der Waals surface area contributed by atoms with Gasteiger partial charge in [0.25, 0.3) is 0 Å². The van der Waals surface area contributed by atoms with Crippen LogP contribution in [0.2, 0.25) is 0 Å². The van der Waals surface area contributed by atoms with E-state index in [4.69, 9.17) is 14.9 Å². The highest BCUT2D eigenvalue weighted by Gasteiger charge is 2.32. The molecule has 2 N–H and O–H groups in total. The molecular formula is C24H39F3N2O5S. The van der Waals surface area contributed by atoms with E-state index < -0.39 is 21.8 Å². The van der Waals surface area contributed by atoms with Gasteiger partial charge >= 0.3 is 6.18 Å². The number of ether oxygens (including phenoxy) is 1. The number of sulfonamides is 1. The number of aliphatic hydroxyl groups is 2. The molecule has 1 aliphatic rings. The average molecular weight is 525 g/mol. The predicted molar refractivity (Wildman–Crippen MR) is 127 cm³/mol. The first-order valence-corrected chi connectivity index (χ1v) is 13.7. The topological polar surface area (TPSA) is 90.3 Å². The number of unbranched alkanes of at least 4 members (excludes halogenated alkanes) is 1. The summed E-state index contributed by atoms with van der Waals surface area (Å²) < 4.78 is 70.8. The number of aliphatic hydroxyl groups excluding tert-OH is 2. The molecule has 7 nitrogen and oxygen atoms in total. The predicted octanol–water partition coefficient (Wildman–Crippen LogP) is 3.22. The lowest BCUT2D eigenvalue weighted by molar-refractivity contribution is -0.137. The molecule has 1 aromatic carbocycles. The van der Waals surface area contributed by atoms with Crippen molar-refractivity contribution in [3.8, 4) is 0 Å². The Hall–Kier alpha value is -1.24. The lowest BCUT2D eigenvalue weighted by atomic mass is 9.82. The van der Waals surface area contributed by atoms with Gasteiger partial charge in [0.15, 0.2) is 0 Å². The van der Waals surface area contributed by atoms with Gasteiger partial charge in [-0.05, 0) is 81.2 Å². The zero-order valence-corrected chi connectivity index (χ0v) is 21.2. The van der Waals surface area contributed by atoms with E-state index in [-0.39, 0.29) is 24.0 Å². The van der Waals surface area contributed by atoms with Gasteiger partial charge in [-0.3, -0.25) is 4.90 Å². The zero-order chi connectivity index (χ0) is 25.9. The molecule has 0 heterocycles. The number of halogens is 3. The van der Waals surface area contributed by atoms with Crippen molar-refractivity contribution in [2.75, 3.05) is 59.7 Å². The van der Waals surface area contributed by atoms with Gasteiger partial charge in [-0.2, -0.15) is 13.2 Å². The first-order chi connectivity index (χ1) is 16.6. The van der Waals surface area contributed by atoms with Gasteiger partial charge in [0.1, 0.15) is 0 Å². The molecule has 1 saturated carbocycles. The van der Waals surface area contributed by atoms with Crippen molar-refractivity contribution in [1.29, 1.82) is 0 Å². The Bertz CT molecular complexity index is 823. The Morgan fingerprint density at radius 1 is 0.943 bits per heavy atom. The van der Waals surface area contributed by atoms with Crippen LogP contribution in [-0.4, -0.2) is 87.5 Å². The fraction of sp³-hybridized carbons (Fsp3) is 0.750. The third-order valence-corrected chi connectivity index (χ3v) is 8.41. The van der Waals surface area contributed by atoms with Crippen LogP contribution in [0.15, 0.2) is 29.2 Å². The minimum Gasteiger partial charge on any atom is -0.395 e. The molecule has 1 aliphatic carbocycles. The van der Waals surface area contributed by atoms with Crippen molar-refractivity contribution < 1.29 is 36.5 Å². The molecular weight excluding hydrogens is 485 g/mol. The first-order valence-electron chi connectivity index (χ1n) is 12.2. The molecule has 0 radical (unpaired) electrons. The van der Waals surface area contributed by atoms with Crippen molar-refractivity contribution in [3.63, 3.8) is 0 Å². The van der Waals surface area contributed by atoms with Crippen LogP contribution in [-0.2, 0) is 20.9 Å². The fourth-order valence-corrected chi connectivity index (χ4v) is 5.69. The smallest absolute Gasteiger partial charge is 0.395 e. The minimum atomic E-state index is -4.50. The van der Waals surface area contributed by atoms with Crippen molar-refractivity contribution in [2.24, 2.45) is 11.8 Å². The maximum atomic E-state index is 12.8. The van der Waals surface area contributed by atoms with E-state index >= 15 is 0 Å². The van der Waals surface area contributed by atoms with Crippen LogP contribution in [0.3, 0.4) is 0 Å². The summed E-state index contributed by atoms with van der Waals surface area (Å²) in [6.07, 6.45) is 1.04. The second-order valence-electron chi connectivity index (χ2n) is 9.27. The van der Waals surface area contributed by atoms with E-state index in [1.807, 2.05) is 4.90 Å². The highest BCUT2D eigenvalue weighted by Crippen LogP contribution is 2.32. The second-order valence-corrected chi connectivity index (χ2v) is 11.3. The van der Waals surface area contributed by atoms with E-state index in [0.717, 1.165) is 69.3 Å². The van der Waals surface area contributed by atoms with Crippen LogP contribution in [0.4, 0.5) is 13.2 Å². The molecule has 11 heteroatoms. The lowest BCUT2D eigenvalue weighted by Gasteiger charge is -2.31. The fourth-order valence-electron chi connectivity index (χ4n) is 4.45. The van der Waals surface area contributed by atoms with Crippen LogP contribution in [0, 0.1) is 11.8 Å². The molecule has 0 aromatic heterocycles. The van der Waals surface area contributed by atoms with E-state index in [9.17, 15) is 21.6 Å². The van der Waals surface area contributed by atoms with Crippen LogP contribution >= 0.6 is 0 Å². The first kappa shape index (κ1) is 30.0. The van der Waals surface area contributed by atoms with Crippen LogP contribution in [0.25, 0.3) is 0 Å². The van der Waals surface area contributed by atoms with Crippen molar-refractivity contribution in [3.05, 3.63) is 29.8 Å². The lowest BCUT2D eigenvalue weighted by Crippen LogP contribution is -2.34. The largest absolute Gasteiger partial charge is 0.416 e. The Kier molecular flexibility index (Phi) is 12.4. The number of hydrogen-bond donors (Lipinski definition) is 2. The number of nitrogens with zero attached hydrogens (tertiary/aromatic N) is 2. The summed E-state index contributed by atoms with van der Waals surface area (Å²) in [7, 11) is -2.36. The molecule has 1 aromatic rings. The van der Waals surface area contributed by atoms with Gasteiger partial charge in [-0.1, -0.05) is 0 Å². The van der Waals surface area contributed by atoms with Gasteiger partial charge in [0.05, 0.1) is 23.7 Å². The molecule has 0 bridgehead atoms. The summed E-state index contributed by atoms with van der Waals surface area (Å²) in [6, 6.07) is 3.62. The van der Waals surface area contributed by atoms with Crippen molar-refractivity contribution >= 4 is 10.0 Å². The molecule has 1 fully saturated rings. The molecule has 0 unspecified atom stereocenters. The third kappa shape index (κ3) is 9.97. The zero-order valence-electron chi connectivity index (χ0n) is 20.4. The summed E-state index contributed by atoms with van der Waals surface area (Å²) in [6.45, 7) is 3.79. The van der Waals surface area contributed by atoms with E-state index in [2.05, 4.69) is 0 Å². The van der Waals surface area contributed by atoms with Gasteiger partial charge in [-0.25, -0.2) is 12.7 Å². The average Bonchev–Trinajstić information content (AvgIpc) is 2.82. The van der Waals surface area contributed by atoms with Gasteiger partial charge in [0.2, 0.25) is 10.0 Å². The molecule has 35 heavy (non-hydrogen) atoms. The van der Waals surface area contributed by atoms with Gasteiger partial charge < -0.3 is 14.9 Å². The van der Waals surface area contributed by atoms with E-state index in [1.165, 1.54) is 11.4 Å². The number of rotatable bonds is 15. The van der Waals surface area contributed by atoms with Crippen LogP contribution < -0.4 is 0 Å².